The van der Waals surface area contributed by atoms with E-state index in [9.17, 15) is 13.6 Å². The van der Waals surface area contributed by atoms with Crippen molar-refractivity contribution in [2.24, 2.45) is 0 Å². The molecule has 1 nitrogen and oxygen atoms in total. The van der Waals surface area contributed by atoms with Crippen molar-refractivity contribution in [1.29, 1.82) is 0 Å². The first-order chi connectivity index (χ1) is 7.56. The van der Waals surface area contributed by atoms with Crippen LogP contribution in [0, 0.1) is 11.6 Å². The van der Waals surface area contributed by atoms with Gasteiger partial charge < -0.3 is 0 Å². The van der Waals surface area contributed by atoms with Gasteiger partial charge in [-0.25, -0.2) is 8.78 Å². The van der Waals surface area contributed by atoms with Crippen LogP contribution in [0.15, 0.2) is 16.6 Å². The van der Waals surface area contributed by atoms with E-state index in [1.54, 1.807) is 6.92 Å². The first-order valence-electron chi connectivity index (χ1n) is 5.20. The highest BCUT2D eigenvalue weighted by Crippen LogP contribution is 2.23. The normalized spacial score (nSPS) is 10.5. The molecule has 0 atom stereocenters. The van der Waals surface area contributed by atoms with E-state index in [0.717, 1.165) is 0 Å². The van der Waals surface area contributed by atoms with Gasteiger partial charge in [-0.2, -0.15) is 0 Å². The maximum Gasteiger partial charge on any atom is 0.143 e. The predicted molar refractivity (Wildman–Crippen MR) is 62.3 cm³/mol. The van der Waals surface area contributed by atoms with Gasteiger partial charge in [0.25, 0.3) is 0 Å². The van der Waals surface area contributed by atoms with Crippen molar-refractivity contribution < 1.29 is 13.6 Å². The Morgan fingerprint density at radius 2 is 2.06 bits per heavy atom. The molecular weight excluding hydrogens is 278 g/mol. The number of Topliss-reactive ketones (excluding diaryl/α,β-unsaturated/α-hetero) is 1. The second kappa shape index (κ2) is 6.09. The molecule has 0 heterocycles. The molecule has 16 heavy (non-hydrogen) atoms. The van der Waals surface area contributed by atoms with Gasteiger partial charge in [-0.05, 0) is 40.9 Å². The van der Waals surface area contributed by atoms with Gasteiger partial charge in [0.1, 0.15) is 17.4 Å². The molecule has 0 aromatic heterocycles. The molecule has 4 heteroatoms. The molecule has 1 aromatic rings. The molecule has 1 aromatic carbocycles. The lowest BCUT2D eigenvalue weighted by atomic mass is 10.0. The molecule has 88 valence electrons. The van der Waals surface area contributed by atoms with Crippen LogP contribution >= 0.6 is 15.9 Å². The maximum atomic E-state index is 13.5. The van der Waals surface area contributed by atoms with Gasteiger partial charge in [-0.1, -0.05) is 6.92 Å². The van der Waals surface area contributed by atoms with Crippen molar-refractivity contribution in [3.63, 3.8) is 0 Å². The molecule has 0 aliphatic carbocycles. The minimum Gasteiger partial charge on any atom is -0.300 e. The van der Waals surface area contributed by atoms with Crippen LogP contribution in [0.3, 0.4) is 0 Å². The molecule has 0 amide bonds. The average molecular weight is 291 g/mol. The topological polar surface area (TPSA) is 17.1 Å². The molecule has 0 unspecified atom stereocenters. The first-order valence-corrected chi connectivity index (χ1v) is 5.99. The Hall–Kier alpha value is -0.770. The van der Waals surface area contributed by atoms with E-state index >= 15 is 0 Å². The van der Waals surface area contributed by atoms with E-state index in [4.69, 9.17) is 0 Å². The number of halogens is 3. The lowest BCUT2D eigenvalue weighted by Crippen LogP contribution is -2.00. The Morgan fingerprint density at radius 3 is 2.69 bits per heavy atom. The van der Waals surface area contributed by atoms with Crippen LogP contribution in [0.2, 0.25) is 0 Å². The van der Waals surface area contributed by atoms with Crippen LogP contribution in [0.1, 0.15) is 31.7 Å². The van der Waals surface area contributed by atoms with Gasteiger partial charge in [-0.3, -0.25) is 4.79 Å². The Labute approximate surface area is 102 Å². The summed E-state index contributed by atoms with van der Waals surface area (Å²) in [7, 11) is 0. The molecule has 0 spiro atoms. The number of hydrogen-bond acceptors (Lipinski definition) is 1. The molecule has 1 rings (SSSR count). The molecule has 0 N–H and O–H groups in total. The molecular formula is C12H13BrF2O. The summed E-state index contributed by atoms with van der Waals surface area (Å²) < 4.78 is 27.0. The summed E-state index contributed by atoms with van der Waals surface area (Å²) in [4.78, 5) is 11.0. The molecule has 0 aliphatic heterocycles. The van der Waals surface area contributed by atoms with Gasteiger partial charge in [0.05, 0.1) is 4.47 Å². The smallest absolute Gasteiger partial charge is 0.143 e. The van der Waals surface area contributed by atoms with Crippen molar-refractivity contribution >= 4 is 21.7 Å². The number of benzene rings is 1. The van der Waals surface area contributed by atoms with E-state index < -0.39 is 11.6 Å². The number of carbonyl (C=O) groups excluding carboxylic acids is 1. The van der Waals surface area contributed by atoms with Crippen LogP contribution in [0.4, 0.5) is 8.78 Å². The fraction of sp³-hybridized carbons (Fsp3) is 0.417. The molecule has 0 radical (unpaired) electrons. The quantitative estimate of drug-likeness (QED) is 0.749. The number of hydrogen-bond donors (Lipinski definition) is 0. The van der Waals surface area contributed by atoms with E-state index in [2.05, 4.69) is 15.9 Å². The highest BCUT2D eigenvalue weighted by molar-refractivity contribution is 9.10. The zero-order valence-electron chi connectivity index (χ0n) is 9.03. The largest absolute Gasteiger partial charge is 0.300 e. The summed E-state index contributed by atoms with van der Waals surface area (Å²) >= 11 is 3.01. The minimum atomic E-state index is -0.566. The van der Waals surface area contributed by atoms with Crippen molar-refractivity contribution in [1.82, 2.24) is 0 Å². The second-order valence-electron chi connectivity index (χ2n) is 3.57. The van der Waals surface area contributed by atoms with Gasteiger partial charge in [-0.15, -0.1) is 0 Å². The van der Waals surface area contributed by atoms with Crippen LogP contribution in [0.5, 0.6) is 0 Å². The van der Waals surface area contributed by atoms with Gasteiger partial charge in [0, 0.05) is 18.4 Å². The SMILES string of the molecule is CCC(=O)CCCc1c(F)ccc(Br)c1F. The summed E-state index contributed by atoms with van der Waals surface area (Å²) in [5.74, 6) is -0.996. The molecule has 0 aliphatic rings. The monoisotopic (exact) mass is 290 g/mol. The lowest BCUT2D eigenvalue weighted by Gasteiger charge is -2.05. The molecule has 0 saturated carbocycles. The predicted octanol–water partition coefficient (Wildman–Crippen LogP) is 4.03. The van der Waals surface area contributed by atoms with Crippen molar-refractivity contribution in [2.75, 3.05) is 0 Å². The van der Waals surface area contributed by atoms with E-state index in [0.29, 0.717) is 19.3 Å². The third-order valence-electron chi connectivity index (χ3n) is 2.42. The Morgan fingerprint density at radius 1 is 1.38 bits per heavy atom. The number of ketones is 1. The molecule has 0 saturated heterocycles. The van der Waals surface area contributed by atoms with E-state index in [-0.39, 0.29) is 22.2 Å². The minimum absolute atomic E-state index is 0.0540. The fourth-order valence-electron chi connectivity index (χ4n) is 1.44. The Kier molecular flexibility index (Phi) is 5.06. The molecule has 0 fully saturated rings. The summed E-state index contributed by atoms with van der Waals surface area (Å²) in [5, 5.41) is 0. The summed E-state index contributed by atoms with van der Waals surface area (Å²) in [6, 6.07) is 2.56. The Balaban J connectivity index is 2.67. The van der Waals surface area contributed by atoms with Crippen molar-refractivity contribution in [2.45, 2.75) is 32.6 Å². The second-order valence-corrected chi connectivity index (χ2v) is 4.42. The zero-order chi connectivity index (χ0) is 12.1. The highest BCUT2D eigenvalue weighted by atomic mass is 79.9. The third kappa shape index (κ3) is 3.37. The molecule has 0 bridgehead atoms. The first kappa shape index (κ1) is 13.3. The zero-order valence-corrected chi connectivity index (χ0v) is 10.6. The summed E-state index contributed by atoms with van der Waals surface area (Å²) in [5.41, 5.74) is 0.0540. The van der Waals surface area contributed by atoms with Gasteiger partial charge in [0.15, 0.2) is 0 Å². The van der Waals surface area contributed by atoms with Crippen LogP contribution in [-0.2, 0) is 11.2 Å². The van der Waals surface area contributed by atoms with Gasteiger partial charge in [0.2, 0.25) is 0 Å². The van der Waals surface area contributed by atoms with Crippen molar-refractivity contribution in [3.8, 4) is 0 Å². The Bertz CT molecular complexity index is 391. The highest BCUT2D eigenvalue weighted by Gasteiger charge is 2.12. The summed E-state index contributed by atoms with van der Waals surface area (Å²) in [6.07, 6.45) is 1.59. The van der Waals surface area contributed by atoms with Crippen molar-refractivity contribution in [3.05, 3.63) is 33.8 Å². The third-order valence-corrected chi connectivity index (χ3v) is 3.03. The van der Waals surface area contributed by atoms with E-state index in [1.165, 1.54) is 12.1 Å². The van der Waals surface area contributed by atoms with Crippen LogP contribution < -0.4 is 0 Å². The standard InChI is InChI=1S/C12H13BrF2O/c1-2-8(16)4-3-5-9-11(14)7-6-10(13)12(9)15/h6-7H,2-5H2,1H3. The summed E-state index contributed by atoms with van der Waals surface area (Å²) in [6.45, 7) is 1.78. The van der Waals surface area contributed by atoms with E-state index in [1.807, 2.05) is 0 Å². The average Bonchev–Trinajstić information content (AvgIpc) is 2.28. The number of rotatable bonds is 5. The van der Waals surface area contributed by atoms with Crippen LogP contribution in [-0.4, -0.2) is 5.78 Å². The fourth-order valence-corrected chi connectivity index (χ4v) is 1.81. The number of carbonyl (C=O) groups is 1. The lowest BCUT2D eigenvalue weighted by molar-refractivity contribution is -0.118. The van der Waals surface area contributed by atoms with Crippen LogP contribution in [0.25, 0.3) is 0 Å². The maximum absolute atomic E-state index is 13.5. The van der Waals surface area contributed by atoms with Gasteiger partial charge >= 0.3 is 0 Å².